The van der Waals surface area contributed by atoms with E-state index in [2.05, 4.69) is 60.1 Å². The maximum absolute atomic E-state index is 9.47. The van der Waals surface area contributed by atoms with Gasteiger partial charge >= 0.3 is 0 Å². The third kappa shape index (κ3) is 3.42. The third-order valence-corrected chi connectivity index (χ3v) is 4.00. The van der Waals surface area contributed by atoms with Gasteiger partial charge in [-0.1, -0.05) is 22.6 Å². The largest absolute Gasteiger partial charge is 0.313 e. The SMILES string of the molecule is ON1CC(CI)=C(/N=C(\I)c2cnccn2)C1. The van der Waals surface area contributed by atoms with E-state index in [1.54, 1.807) is 18.6 Å². The molecule has 90 valence electrons. The molecule has 1 N–H and O–H groups in total. The molecule has 0 saturated carbocycles. The predicted octanol–water partition coefficient (Wildman–Crippen LogP) is 2.05. The summed E-state index contributed by atoms with van der Waals surface area (Å²) in [6.07, 6.45) is 4.96. The Morgan fingerprint density at radius 3 is 2.94 bits per heavy atom. The summed E-state index contributed by atoms with van der Waals surface area (Å²) in [5.41, 5.74) is 2.84. The average Bonchev–Trinajstić information content (AvgIpc) is 2.70. The first-order valence-electron chi connectivity index (χ1n) is 4.92. The van der Waals surface area contributed by atoms with Gasteiger partial charge < -0.3 is 5.21 Å². The molecular formula is C10H10I2N4O. The Kier molecular flexibility index (Phi) is 4.82. The van der Waals surface area contributed by atoms with E-state index in [1.807, 2.05) is 0 Å². The number of alkyl halides is 1. The molecule has 0 bridgehead atoms. The second-order valence-corrected chi connectivity index (χ2v) is 5.28. The van der Waals surface area contributed by atoms with E-state index in [0.29, 0.717) is 13.1 Å². The molecule has 0 radical (unpaired) electrons. The summed E-state index contributed by atoms with van der Waals surface area (Å²) in [6.45, 7) is 1.05. The van der Waals surface area contributed by atoms with Crippen molar-refractivity contribution in [1.82, 2.24) is 15.0 Å². The van der Waals surface area contributed by atoms with Crippen LogP contribution in [0.1, 0.15) is 5.69 Å². The van der Waals surface area contributed by atoms with E-state index in [-0.39, 0.29) is 0 Å². The molecule has 1 aromatic heterocycles. The lowest BCUT2D eigenvalue weighted by Crippen LogP contribution is -2.15. The van der Waals surface area contributed by atoms with Gasteiger partial charge in [0.2, 0.25) is 0 Å². The summed E-state index contributed by atoms with van der Waals surface area (Å²) in [7, 11) is 0. The van der Waals surface area contributed by atoms with Crippen LogP contribution in [0.25, 0.3) is 0 Å². The van der Waals surface area contributed by atoms with Crippen LogP contribution >= 0.6 is 45.2 Å². The smallest absolute Gasteiger partial charge is 0.128 e. The summed E-state index contributed by atoms with van der Waals surface area (Å²) < 4.78 is 1.67. The molecule has 0 atom stereocenters. The highest BCUT2D eigenvalue weighted by Gasteiger charge is 2.19. The average molecular weight is 456 g/mol. The van der Waals surface area contributed by atoms with Gasteiger partial charge in [0.15, 0.2) is 0 Å². The summed E-state index contributed by atoms with van der Waals surface area (Å²) in [5.74, 6) is 0. The van der Waals surface area contributed by atoms with Gasteiger partial charge in [-0.2, -0.15) is 5.06 Å². The topological polar surface area (TPSA) is 61.6 Å². The van der Waals surface area contributed by atoms with E-state index in [1.165, 1.54) is 5.06 Å². The van der Waals surface area contributed by atoms with Crippen molar-refractivity contribution in [1.29, 1.82) is 0 Å². The van der Waals surface area contributed by atoms with Crippen LogP contribution in [0, 0.1) is 0 Å². The Bertz CT molecular complexity index is 461. The van der Waals surface area contributed by atoms with Crippen molar-refractivity contribution in [3.05, 3.63) is 35.6 Å². The van der Waals surface area contributed by atoms with Crippen molar-refractivity contribution in [2.75, 3.05) is 17.5 Å². The molecular weight excluding hydrogens is 446 g/mol. The van der Waals surface area contributed by atoms with Crippen LogP contribution in [0.2, 0.25) is 0 Å². The molecule has 1 aliphatic heterocycles. The minimum Gasteiger partial charge on any atom is -0.313 e. The molecule has 5 nitrogen and oxygen atoms in total. The monoisotopic (exact) mass is 456 g/mol. The normalized spacial score (nSPS) is 17.9. The number of nitrogens with zero attached hydrogens (tertiary/aromatic N) is 4. The molecule has 0 aromatic carbocycles. The Morgan fingerprint density at radius 1 is 1.47 bits per heavy atom. The lowest BCUT2D eigenvalue weighted by molar-refractivity contribution is -0.0650. The standard InChI is InChI=1S/C10H10I2N4O/c11-3-7-5-16(17)6-9(7)15-10(12)8-4-13-1-2-14-8/h1-2,4,17H,3,5-6H2/b15-10-. The Morgan fingerprint density at radius 2 is 2.29 bits per heavy atom. The molecule has 2 rings (SSSR count). The fourth-order valence-corrected chi connectivity index (χ4v) is 2.72. The summed E-state index contributed by atoms with van der Waals surface area (Å²) in [6, 6.07) is 0. The fraction of sp³-hybridized carbons (Fsp3) is 0.300. The second-order valence-electron chi connectivity index (χ2n) is 3.50. The first kappa shape index (κ1) is 13.3. The molecule has 17 heavy (non-hydrogen) atoms. The number of aliphatic imine (C=N–C) groups is 1. The van der Waals surface area contributed by atoms with Crippen LogP contribution in [0.4, 0.5) is 0 Å². The zero-order valence-electron chi connectivity index (χ0n) is 8.85. The van der Waals surface area contributed by atoms with E-state index < -0.39 is 0 Å². The molecule has 0 fully saturated rings. The van der Waals surface area contributed by atoms with Gasteiger partial charge in [0.05, 0.1) is 18.4 Å². The molecule has 0 spiro atoms. The molecule has 0 unspecified atom stereocenters. The minimum absolute atomic E-state index is 0.477. The molecule has 0 amide bonds. The van der Waals surface area contributed by atoms with Crippen LogP contribution in [0.3, 0.4) is 0 Å². The van der Waals surface area contributed by atoms with Gasteiger partial charge in [-0.3, -0.25) is 9.97 Å². The Balaban J connectivity index is 2.25. The van der Waals surface area contributed by atoms with Crippen molar-refractivity contribution in [3.63, 3.8) is 0 Å². The van der Waals surface area contributed by atoms with Crippen LogP contribution in [-0.2, 0) is 0 Å². The molecule has 0 saturated heterocycles. The fourth-order valence-electron chi connectivity index (χ4n) is 1.47. The number of hydrogen-bond acceptors (Lipinski definition) is 5. The molecule has 2 heterocycles. The van der Waals surface area contributed by atoms with Gasteiger partial charge in [-0.05, 0) is 28.2 Å². The molecule has 7 heteroatoms. The maximum atomic E-state index is 9.47. The molecule has 1 aromatic rings. The Labute approximate surface area is 126 Å². The van der Waals surface area contributed by atoms with Crippen LogP contribution in [0.5, 0.6) is 0 Å². The second kappa shape index (κ2) is 6.16. The number of rotatable bonds is 3. The van der Waals surface area contributed by atoms with Gasteiger partial charge in [0.1, 0.15) is 9.41 Å². The zero-order chi connectivity index (χ0) is 12.3. The maximum Gasteiger partial charge on any atom is 0.128 e. The summed E-state index contributed by atoms with van der Waals surface area (Å²) >= 11 is 4.42. The van der Waals surface area contributed by atoms with Crippen LogP contribution < -0.4 is 0 Å². The van der Waals surface area contributed by atoms with Crippen molar-refractivity contribution >= 4 is 48.9 Å². The highest BCUT2D eigenvalue weighted by Crippen LogP contribution is 2.20. The van der Waals surface area contributed by atoms with E-state index in [9.17, 15) is 5.21 Å². The lowest BCUT2D eigenvalue weighted by Gasteiger charge is -2.03. The van der Waals surface area contributed by atoms with Gasteiger partial charge in [0.25, 0.3) is 0 Å². The van der Waals surface area contributed by atoms with Crippen molar-refractivity contribution in [2.24, 2.45) is 4.99 Å². The van der Waals surface area contributed by atoms with Crippen LogP contribution in [-0.4, -0.2) is 41.5 Å². The number of aromatic nitrogens is 2. The number of hydrogen-bond donors (Lipinski definition) is 1. The van der Waals surface area contributed by atoms with Crippen molar-refractivity contribution < 1.29 is 5.21 Å². The summed E-state index contributed by atoms with van der Waals surface area (Å²) in [4.78, 5) is 12.7. The molecule has 1 aliphatic rings. The van der Waals surface area contributed by atoms with E-state index in [0.717, 1.165) is 25.1 Å². The van der Waals surface area contributed by atoms with Crippen molar-refractivity contribution in [3.8, 4) is 0 Å². The van der Waals surface area contributed by atoms with Crippen LogP contribution in [0.15, 0.2) is 34.9 Å². The lowest BCUT2D eigenvalue weighted by atomic mass is 10.3. The molecule has 0 aliphatic carbocycles. The zero-order valence-corrected chi connectivity index (χ0v) is 13.2. The highest BCUT2D eigenvalue weighted by atomic mass is 127. The van der Waals surface area contributed by atoms with Gasteiger partial charge in [0, 0.05) is 23.4 Å². The van der Waals surface area contributed by atoms with E-state index >= 15 is 0 Å². The summed E-state index contributed by atoms with van der Waals surface area (Å²) in [5, 5.41) is 10.7. The van der Waals surface area contributed by atoms with Gasteiger partial charge in [-0.25, -0.2) is 4.99 Å². The first-order valence-corrected chi connectivity index (χ1v) is 7.52. The van der Waals surface area contributed by atoms with E-state index in [4.69, 9.17) is 0 Å². The quantitative estimate of drug-likeness (QED) is 0.430. The third-order valence-electron chi connectivity index (χ3n) is 2.28. The van der Waals surface area contributed by atoms with Gasteiger partial charge in [-0.15, -0.1) is 0 Å². The predicted molar refractivity (Wildman–Crippen MR) is 81.9 cm³/mol. The first-order chi connectivity index (χ1) is 8.20. The van der Waals surface area contributed by atoms with Crippen molar-refractivity contribution in [2.45, 2.75) is 0 Å². The number of hydroxylamine groups is 2. The minimum atomic E-state index is 0.477. The number of halogens is 2. The highest BCUT2D eigenvalue weighted by molar-refractivity contribution is 14.1. The Hall–Kier alpha value is -0.130.